The molecule has 1 aromatic carbocycles. The molecule has 2 amide bonds. The molecule has 2 aliphatic rings. The molecule has 4 rings (SSSR count). The number of aromatic nitrogens is 3. The van der Waals surface area contributed by atoms with E-state index in [0.717, 1.165) is 17.7 Å². The van der Waals surface area contributed by atoms with Gasteiger partial charge in [0.1, 0.15) is 6.17 Å². The largest absolute Gasteiger partial charge is 0.335 e. The van der Waals surface area contributed by atoms with Gasteiger partial charge < -0.3 is 9.80 Å². The molecule has 0 aliphatic carbocycles. The van der Waals surface area contributed by atoms with Gasteiger partial charge in [-0.1, -0.05) is 23.4 Å². The van der Waals surface area contributed by atoms with E-state index in [0.29, 0.717) is 13.1 Å². The van der Waals surface area contributed by atoms with E-state index in [1.165, 1.54) is 16.5 Å². The monoisotopic (exact) mass is 357 g/mol. The molecule has 1 saturated heterocycles. The smallest absolute Gasteiger partial charge is 0.280 e. The van der Waals surface area contributed by atoms with Crippen molar-refractivity contribution in [3.05, 3.63) is 41.7 Å². The van der Waals surface area contributed by atoms with Crippen molar-refractivity contribution >= 4 is 17.5 Å². The van der Waals surface area contributed by atoms with Gasteiger partial charge in [-0.2, -0.15) is 0 Å². The van der Waals surface area contributed by atoms with Crippen LogP contribution < -0.4 is 4.90 Å². The predicted molar refractivity (Wildman–Crippen MR) is 92.5 cm³/mol. The predicted octanol–water partition coefficient (Wildman–Crippen LogP) is 1.44. The second-order valence-electron chi connectivity index (χ2n) is 6.82. The summed E-state index contributed by atoms with van der Waals surface area (Å²) in [6, 6.07) is 7.55. The lowest BCUT2D eigenvalue weighted by Gasteiger charge is -2.22. The number of likely N-dealkylation sites (tertiary alicyclic amines) is 1. The van der Waals surface area contributed by atoms with E-state index in [1.54, 1.807) is 11.1 Å². The lowest BCUT2D eigenvalue weighted by atomic mass is 10.2. The van der Waals surface area contributed by atoms with Crippen LogP contribution in [-0.2, 0) is 17.8 Å². The molecule has 0 spiro atoms. The molecule has 0 saturated carbocycles. The van der Waals surface area contributed by atoms with Crippen LogP contribution in [-0.4, -0.2) is 57.0 Å². The van der Waals surface area contributed by atoms with Crippen LogP contribution in [0.1, 0.15) is 29.4 Å². The first kappa shape index (κ1) is 16.7. The third-order valence-corrected chi connectivity index (χ3v) is 5.06. The SMILES string of the molecule is CC(=O)N1C[C@@H](F)C[C@H]1Cn1cc(C(=O)N2CCc3ccccc32)nn1. The number of benzene rings is 1. The Morgan fingerprint density at radius 3 is 2.92 bits per heavy atom. The molecule has 0 radical (unpaired) electrons. The lowest BCUT2D eigenvalue weighted by molar-refractivity contribution is -0.130. The fraction of sp³-hybridized carbons (Fsp3) is 0.444. The van der Waals surface area contributed by atoms with Crippen molar-refractivity contribution in [1.82, 2.24) is 19.9 Å². The van der Waals surface area contributed by atoms with Gasteiger partial charge in [-0.25, -0.2) is 9.07 Å². The first-order chi connectivity index (χ1) is 12.5. The van der Waals surface area contributed by atoms with E-state index in [9.17, 15) is 14.0 Å². The minimum atomic E-state index is -1.02. The summed E-state index contributed by atoms with van der Waals surface area (Å²) in [6.07, 6.45) is 1.66. The maximum atomic E-state index is 13.7. The fourth-order valence-electron chi connectivity index (χ4n) is 3.81. The van der Waals surface area contributed by atoms with Crippen LogP contribution in [0.15, 0.2) is 30.5 Å². The molecular weight excluding hydrogens is 337 g/mol. The fourth-order valence-corrected chi connectivity index (χ4v) is 3.81. The summed E-state index contributed by atoms with van der Waals surface area (Å²) in [5.41, 5.74) is 2.31. The van der Waals surface area contributed by atoms with Crippen molar-refractivity contribution in [3.8, 4) is 0 Å². The summed E-state index contributed by atoms with van der Waals surface area (Å²) in [7, 11) is 0. The average molecular weight is 357 g/mol. The van der Waals surface area contributed by atoms with Gasteiger partial charge in [-0.15, -0.1) is 5.10 Å². The average Bonchev–Trinajstić information content (AvgIpc) is 3.33. The Kier molecular flexibility index (Phi) is 4.18. The van der Waals surface area contributed by atoms with Crippen molar-refractivity contribution in [2.24, 2.45) is 0 Å². The Hall–Kier alpha value is -2.77. The van der Waals surface area contributed by atoms with E-state index in [4.69, 9.17) is 0 Å². The van der Waals surface area contributed by atoms with Crippen LogP contribution in [0.5, 0.6) is 0 Å². The number of fused-ring (bicyclic) bond motifs is 1. The second kappa shape index (κ2) is 6.51. The highest BCUT2D eigenvalue weighted by molar-refractivity contribution is 6.05. The standard InChI is InChI=1S/C18H20FN5O2/c1-12(25)24-9-14(19)8-15(24)10-22-11-16(20-21-22)18(26)23-7-6-13-4-2-3-5-17(13)23/h2-5,11,14-15H,6-10H2,1H3/t14-,15-/m0/s1. The number of nitrogens with zero attached hydrogens (tertiary/aromatic N) is 5. The van der Waals surface area contributed by atoms with Gasteiger partial charge in [-0.05, 0) is 18.1 Å². The summed E-state index contributed by atoms with van der Waals surface area (Å²) < 4.78 is 15.2. The molecule has 1 aromatic heterocycles. The molecule has 136 valence electrons. The van der Waals surface area contributed by atoms with Gasteiger partial charge >= 0.3 is 0 Å². The van der Waals surface area contributed by atoms with Gasteiger partial charge in [-0.3, -0.25) is 9.59 Å². The molecule has 3 heterocycles. The second-order valence-corrected chi connectivity index (χ2v) is 6.82. The van der Waals surface area contributed by atoms with E-state index in [1.807, 2.05) is 24.3 Å². The zero-order valence-electron chi connectivity index (χ0n) is 14.5. The summed E-state index contributed by atoms with van der Waals surface area (Å²) in [5.74, 6) is -0.348. The van der Waals surface area contributed by atoms with E-state index in [2.05, 4.69) is 10.3 Å². The zero-order valence-corrected chi connectivity index (χ0v) is 14.5. The number of hydrogen-bond acceptors (Lipinski definition) is 4. The van der Waals surface area contributed by atoms with Crippen LogP contribution >= 0.6 is 0 Å². The van der Waals surface area contributed by atoms with Crippen LogP contribution in [0.3, 0.4) is 0 Å². The highest BCUT2D eigenvalue weighted by Gasteiger charge is 2.34. The van der Waals surface area contributed by atoms with E-state index < -0.39 is 6.17 Å². The normalized spacial score (nSPS) is 21.9. The van der Waals surface area contributed by atoms with Gasteiger partial charge in [0.05, 0.1) is 25.3 Å². The molecule has 8 heteroatoms. The summed E-state index contributed by atoms with van der Waals surface area (Å²) in [6.45, 7) is 2.50. The molecule has 2 aliphatic heterocycles. The zero-order chi connectivity index (χ0) is 18.3. The Morgan fingerprint density at radius 1 is 1.31 bits per heavy atom. The molecule has 26 heavy (non-hydrogen) atoms. The molecular formula is C18H20FN5O2. The summed E-state index contributed by atoms with van der Waals surface area (Å²) in [5, 5.41) is 7.99. The minimum Gasteiger partial charge on any atom is -0.335 e. The first-order valence-corrected chi connectivity index (χ1v) is 8.74. The van der Waals surface area contributed by atoms with E-state index >= 15 is 0 Å². The number of hydrogen-bond donors (Lipinski definition) is 0. The molecule has 0 bridgehead atoms. The number of para-hydroxylation sites is 1. The molecule has 2 atom stereocenters. The summed E-state index contributed by atoms with van der Waals surface area (Å²) >= 11 is 0. The Bertz CT molecular complexity index is 852. The third-order valence-electron chi connectivity index (χ3n) is 5.06. The number of rotatable bonds is 3. The third kappa shape index (κ3) is 2.95. The van der Waals surface area contributed by atoms with Gasteiger partial charge in [0.15, 0.2) is 5.69 Å². The summed E-state index contributed by atoms with van der Waals surface area (Å²) in [4.78, 5) is 27.6. The van der Waals surface area contributed by atoms with Crippen molar-refractivity contribution in [1.29, 1.82) is 0 Å². The van der Waals surface area contributed by atoms with Crippen LogP contribution in [0.2, 0.25) is 0 Å². The molecule has 7 nitrogen and oxygen atoms in total. The van der Waals surface area contributed by atoms with Gasteiger partial charge in [0.25, 0.3) is 5.91 Å². The number of halogens is 1. The number of amides is 2. The quantitative estimate of drug-likeness (QED) is 0.833. The van der Waals surface area contributed by atoms with Crippen molar-refractivity contribution in [2.75, 3.05) is 18.0 Å². The van der Waals surface area contributed by atoms with Crippen LogP contribution in [0.25, 0.3) is 0 Å². The number of carbonyl (C=O) groups excluding carboxylic acids is 2. The molecule has 0 unspecified atom stereocenters. The van der Waals surface area contributed by atoms with Crippen LogP contribution in [0, 0.1) is 0 Å². The number of alkyl halides is 1. The molecule has 0 N–H and O–H groups in total. The minimum absolute atomic E-state index is 0.116. The number of anilines is 1. The highest BCUT2D eigenvalue weighted by atomic mass is 19.1. The maximum absolute atomic E-state index is 13.7. The van der Waals surface area contributed by atoms with E-state index in [-0.39, 0.29) is 36.5 Å². The Balaban J connectivity index is 1.48. The van der Waals surface area contributed by atoms with Gasteiger partial charge in [0, 0.05) is 25.6 Å². The van der Waals surface area contributed by atoms with Crippen molar-refractivity contribution in [2.45, 2.75) is 38.5 Å². The molecule has 2 aromatic rings. The van der Waals surface area contributed by atoms with Crippen LogP contribution in [0.4, 0.5) is 10.1 Å². The number of carbonyl (C=O) groups is 2. The van der Waals surface area contributed by atoms with Crippen molar-refractivity contribution < 1.29 is 14.0 Å². The maximum Gasteiger partial charge on any atom is 0.280 e. The van der Waals surface area contributed by atoms with Gasteiger partial charge in [0.2, 0.25) is 5.91 Å². The highest BCUT2D eigenvalue weighted by Crippen LogP contribution is 2.28. The topological polar surface area (TPSA) is 71.3 Å². The molecule has 1 fully saturated rings. The Labute approximate surface area is 150 Å². The first-order valence-electron chi connectivity index (χ1n) is 8.74. The Morgan fingerprint density at radius 2 is 2.12 bits per heavy atom. The van der Waals surface area contributed by atoms with Crippen molar-refractivity contribution in [3.63, 3.8) is 0 Å². The lowest BCUT2D eigenvalue weighted by Crippen LogP contribution is -2.36.